The van der Waals surface area contributed by atoms with Crippen LogP contribution in [0.2, 0.25) is 0 Å². The van der Waals surface area contributed by atoms with E-state index >= 15 is 0 Å². The van der Waals surface area contributed by atoms with Crippen molar-refractivity contribution in [2.75, 3.05) is 12.4 Å². The Labute approximate surface area is 137 Å². The average molecular weight is 423 g/mol. The molecule has 2 N–H and O–H groups in total. The van der Waals surface area contributed by atoms with E-state index in [1.54, 1.807) is 12.1 Å². The predicted octanol–water partition coefficient (Wildman–Crippen LogP) is 4.82. The molecule has 112 valence electrons. The Morgan fingerprint density at radius 1 is 1.10 bits per heavy atom. The van der Waals surface area contributed by atoms with Gasteiger partial charge in [0.1, 0.15) is 11.6 Å². The van der Waals surface area contributed by atoms with Gasteiger partial charge in [-0.1, -0.05) is 0 Å². The summed E-state index contributed by atoms with van der Waals surface area (Å²) in [5, 5.41) is 12.5. The highest BCUT2D eigenvalue weighted by molar-refractivity contribution is 9.10. The molecule has 3 nitrogen and oxygen atoms in total. The third kappa shape index (κ3) is 3.65. The van der Waals surface area contributed by atoms with Gasteiger partial charge in [-0.25, -0.2) is 8.78 Å². The predicted molar refractivity (Wildman–Crippen MR) is 83.7 cm³/mol. The maximum atomic E-state index is 13.7. The van der Waals surface area contributed by atoms with Crippen LogP contribution in [0.3, 0.4) is 0 Å². The van der Waals surface area contributed by atoms with E-state index in [4.69, 9.17) is 4.74 Å². The van der Waals surface area contributed by atoms with Crippen LogP contribution in [0.15, 0.2) is 33.2 Å². The summed E-state index contributed by atoms with van der Waals surface area (Å²) in [4.78, 5) is 0. The molecule has 2 aromatic rings. The Hall–Kier alpha value is -1.34. The first-order valence-electron chi connectivity index (χ1n) is 5.86. The molecule has 7 heteroatoms. The number of aromatic hydroxyl groups is 1. The number of nitrogens with one attached hydrogen (secondary N) is 1. The molecule has 0 aromatic heterocycles. The molecule has 0 heterocycles. The van der Waals surface area contributed by atoms with Gasteiger partial charge in [-0.2, -0.15) is 0 Å². The van der Waals surface area contributed by atoms with E-state index in [1.165, 1.54) is 7.11 Å². The third-order valence-corrected chi connectivity index (χ3v) is 4.01. The maximum Gasteiger partial charge on any atom is 0.172 e. The Balaban J connectivity index is 2.21. The van der Waals surface area contributed by atoms with Crippen molar-refractivity contribution in [2.45, 2.75) is 6.54 Å². The minimum Gasteiger partial charge on any atom is -0.503 e. The highest BCUT2D eigenvalue weighted by atomic mass is 79.9. The molecule has 2 rings (SSSR count). The van der Waals surface area contributed by atoms with Crippen LogP contribution in [0, 0.1) is 11.6 Å². The monoisotopic (exact) mass is 421 g/mol. The maximum absolute atomic E-state index is 13.7. The summed E-state index contributed by atoms with van der Waals surface area (Å²) < 4.78 is 32.7. The van der Waals surface area contributed by atoms with Crippen molar-refractivity contribution < 1.29 is 18.6 Å². The van der Waals surface area contributed by atoms with Crippen LogP contribution >= 0.6 is 31.9 Å². The van der Waals surface area contributed by atoms with Crippen molar-refractivity contribution in [1.29, 1.82) is 0 Å². The fourth-order valence-electron chi connectivity index (χ4n) is 1.74. The molecule has 0 aliphatic carbocycles. The molecule has 0 amide bonds. The average Bonchev–Trinajstić information content (AvgIpc) is 2.44. The topological polar surface area (TPSA) is 41.5 Å². The first-order chi connectivity index (χ1) is 9.92. The molecule has 0 aliphatic heterocycles. The number of benzene rings is 2. The zero-order chi connectivity index (χ0) is 15.6. The van der Waals surface area contributed by atoms with E-state index < -0.39 is 11.6 Å². The highest BCUT2D eigenvalue weighted by Crippen LogP contribution is 2.35. The van der Waals surface area contributed by atoms with Gasteiger partial charge in [0, 0.05) is 12.6 Å². The Morgan fingerprint density at radius 2 is 1.81 bits per heavy atom. The fraction of sp³-hybridized carbons (Fsp3) is 0.143. The standard InChI is InChI=1S/C14H11Br2F2NO2/c1-21-13-3-7(2-9(16)14(13)20)6-19-12-5-10(17)8(15)4-11(12)18/h2-5,19-20H,6H2,1H3. The molecule has 0 unspecified atom stereocenters. The van der Waals surface area contributed by atoms with Crippen LogP contribution in [0.1, 0.15) is 5.56 Å². The second-order valence-electron chi connectivity index (χ2n) is 4.23. The zero-order valence-electron chi connectivity index (χ0n) is 10.9. The summed E-state index contributed by atoms with van der Waals surface area (Å²) in [6.07, 6.45) is 0. The number of methoxy groups -OCH3 is 1. The van der Waals surface area contributed by atoms with Gasteiger partial charge < -0.3 is 15.2 Å². The van der Waals surface area contributed by atoms with Crippen molar-refractivity contribution in [3.63, 3.8) is 0 Å². The Kier molecular flexibility index (Phi) is 5.05. The molecule has 21 heavy (non-hydrogen) atoms. The molecule has 0 radical (unpaired) electrons. The van der Waals surface area contributed by atoms with E-state index in [-0.39, 0.29) is 22.5 Å². The van der Waals surface area contributed by atoms with E-state index in [0.29, 0.717) is 10.2 Å². The normalized spacial score (nSPS) is 10.5. The number of phenolic OH excluding ortho intramolecular Hbond substituents is 1. The number of anilines is 1. The van der Waals surface area contributed by atoms with Crippen molar-refractivity contribution in [2.24, 2.45) is 0 Å². The number of halogens is 4. The number of rotatable bonds is 4. The van der Waals surface area contributed by atoms with E-state index in [2.05, 4.69) is 37.2 Å². The van der Waals surface area contributed by atoms with Gasteiger partial charge >= 0.3 is 0 Å². The molecular formula is C14H11Br2F2NO2. The van der Waals surface area contributed by atoms with Crippen molar-refractivity contribution in [3.8, 4) is 11.5 Å². The van der Waals surface area contributed by atoms with E-state index in [9.17, 15) is 13.9 Å². The van der Waals surface area contributed by atoms with Crippen LogP contribution in [-0.4, -0.2) is 12.2 Å². The van der Waals surface area contributed by atoms with Crippen LogP contribution in [0.25, 0.3) is 0 Å². The molecular weight excluding hydrogens is 412 g/mol. The summed E-state index contributed by atoms with van der Waals surface area (Å²) in [6.45, 7) is 0.243. The Bertz CT molecular complexity index is 681. The van der Waals surface area contributed by atoms with Crippen LogP contribution in [-0.2, 0) is 6.54 Å². The summed E-state index contributed by atoms with van der Waals surface area (Å²) in [6, 6.07) is 5.41. The molecule has 2 aromatic carbocycles. The number of phenols is 1. The fourth-order valence-corrected chi connectivity index (χ4v) is 2.55. The lowest BCUT2D eigenvalue weighted by Crippen LogP contribution is -2.03. The SMILES string of the molecule is COc1cc(CNc2cc(F)c(Br)cc2F)cc(Br)c1O. The molecule has 0 aliphatic rings. The van der Waals surface area contributed by atoms with Gasteiger partial charge in [0.25, 0.3) is 0 Å². The molecule has 0 saturated carbocycles. The Morgan fingerprint density at radius 3 is 2.48 bits per heavy atom. The molecule has 0 bridgehead atoms. The lowest BCUT2D eigenvalue weighted by Gasteiger charge is -2.11. The third-order valence-electron chi connectivity index (χ3n) is 2.80. The van der Waals surface area contributed by atoms with Gasteiger partial charge in [0.2, 0.25) is 0 Å². The van der Waals surface area contributed by atoms with Crippen LogP contribution in [0.4, 0.5) is 14.5 Å². The summed E-state index contributed by atoms with van der Waals surface area (Å²) in [5.74, 6) is -0.831. The molecule has 0 spiro atoms. The van der Waals surface area contributed by atoms with Gasteiger partial charge in [-0.05, 0) is 55.6 Å². The second-order valence-corrected chi connectivity index (χ2v) is 5.94. The molecule has 0 fully saturated rings. The van der Waals surface area contributed by atoms with Gasteiger partial charge in [0.05, 0.1) is 21.7 Å². The lowest BCUT2D eigenvalue weighted by atomic mass is 10.2. The minimum atomic E-state index is -0.562. The van der Waals surface area contributed by atoms with Crippen LogP contribution < -0.4 is 10.1 Å². The minimum absolute atomic E-state index is 0.0119. The first kappa shape index (κ1) is 16.0. The first-order valence-corrected chi connectivity index (χ1v) is 7.44. The quantitative estimate of drug-likeness (QED) is 0.694. The summed E-state index contributed by atoms with van der Waals surface area (Å²) >= 11 is 6.12. The molecule has 0 atom stereocenters. The zero-order valence-corrected chi connectivity index (χ0v) is 14.1. The number of hydrogen-bond donors (Lipinski definition) is 2. The van der Waals surface area contributed by atoms with E-state index in [0.717, 1.165) is 17.7 Å². The highest BCUT2D eigenvalue weighted by Gasteiger charge is 2.11. The van der Waals surface area contributed by atoms with Crippen molar-refractivity contribution in [3.05, 3.63) is 50.4 Å². The van der Waals surface area contributed by atoms with E-state index in [1.807, 2.05) is 0 Å². The number of ether oxygens (including phenoxy) is 1. The number of hydrogen-bond acceptors (Lipinski definition) is 3. The largest absolute Gasteiger partial charge is 0.503 e. The lowest BCUT2D eigenvalue weighted by molar-refractivity contribution is 0.371. The van der Waals surface area contributed by atoms with Crippen LogP contribution in [0.5, 0.6) is 11.5 Å². The smallest absolute Gasteiger partial charge is 0.172 e. The van der Waals surface area contributed by atoms with Gasteiger partial charge in [-0.3, -0.25) is 0 Å². The second kappa shape index (κ2) is 6.62. The summed E-state index contributed by atoms with van der Waals surface area (Å²) in [5.41, 5.74) is 0.790. The molecule has 0 saturated heterocycles. The summed E-state index contributed by atoms with van der Waals surface area (Å²) in [7, 11) is 1.43. The van der Waals surface area contributed by atoms with Crippen molar-refractivity contribution in [1.82, 2.24) is 0 Å². The van der Waals surface area contributed by atoms with Gasteiger partial charge in [0.15, 0.2) is 11.5 Å². The van der Waals surface area contributed by atoms with Gasteiger partial charge in [-0.15, -0.1) is 0 Å². The van der Waals surface area contributed by atoms with Crippen molar-refractivity contribution >= 4 is 37.5 Å².